The Balaban J connectivity index is 2.08. The molecule has 0 bridgehead atoms. The number of ether oxygens (including phenoxy) is 1. The molecular weight excluding hydrogens is 278 g/mol. The lowest BCUT2D eigenvalue weighted by atomic mass is 10.0. The number of amides is 1. The van der Waals surface area contributed by atoms with Gasteiger partial charge < -0.3 is 4.74 Å². The van der Waals surface area contributed by atoms with Crippen LogP contribution in [0.5, 0.6) is 0 Å². The summed E-state index contributed by atoms with van der Waals surface area (Å²) in [4.78, 5) is 24.1. The number of cyclic esters (lactones) is 1. The fourth-order valence-electron chi connectivity index (χ4n) is 2.38. The second kappa shape index (κ2) is 5.48. The van der Waals surface area contributed by atoms with Crippen molar-refractivity contribution in [1.29, 1.82) is 0 Å². The molecule has 22 heavy (non-hydrogen) atoms. The van der Waals surface area contributed by atoms with Gasteiger partial charge in [0.15, 0.2) is 0 Å². The van der Waals surface area contributed by atoms with Gasteiger partial charge >= 0.3 is 6.09 Å². The number of carbonyl (C=O) groups excluding carboxylic acids is 2. The molecule has 1 aliphatic heterocycles. The molecule has 4 nitrogen and oxygen atoms in total. The molecule has 0 saturated carbocycles. The zero-order valence-corrected chi connectivity index (χ0v) is 12.4. The second-order valence-electron chi connectivity index (χ2n) is 5.24. The largest absolute Gasteiger partial charge is 0.419 e. The van der Waals surface area contributed by atoms with Gasteiger partial charge in [-0.25, -0.2) is 4.79 Å². The van der Waals surface area contributed by atoms with Crippen LogP contribution in [-0.2, 0) is 4.74 Å². The van der Waals surface area contributed by atoms with Gasteiger partial charge in [-0.2, -0.15) is 0 Å². The van der Waals surface area contributed by atoms with Crippen molar-refractivity contribution in [3.8, 4) is 0 Å². The molecule has 0 atom stereocenters. The molecule has 110 valence electrons. The molecular formula is C18H15NO3. The Bertz CT molecular complexity index is 775. The van der Waals surface area contributed by atoms with Crippen molar-refractivity contribution in [3.63, 3.8) is 0 Å². The lowest BCUT2D eigenvalue weighted by Crippen LogP contribution is -2.31. The summed E-state index contributed by atoms with van der Waals surface area (Å²) in [6.45, 7) is 1.99. The predicted molar refractivity (Wildman–Crippen MR) is 85.8 cm³/mol. The molecule has 1 aliphatic rings. The van der Waals surface area contributed by atoms with Crippen LogP contribution in [0.15, 0.2) is 42.5 Å². The van der Waals surface area contributed by atoms with Gasteiger partial charge in [0.2, 0.25) is 0 Å². The third-order valence-electron chi connectivity index (χ3n) is 3.62. The van der Waals surface area contributed by atoms with Crippen LogP contribution in [0.3, 0.4) is 0 Å². The van der Waals surface area contributed by atoms with Gasteiger partial charge in [-0.3, -0.25) is 9.69 Å². The second-order valence-corrected chi connectivity index (χ2v) is 5.24. The number of fused-ring (bicyclic) bond motifs is 1. The molecule has 4 heteroatoms. The lowest BCUT2D eigenvalue weighted by Gasteiger charge is -2.27. The number of carbonyl (C=O) groups is 2. The first-order valence-electron chi connectivity index (χ1n) is 6.92. The number of hydrogen-bond donors (Lipinski definition) is 0. The van der Waals surface area contributed by atoms with E-state index in [-0.39, 0.29) is 0 Å². The Hall–Kier alpha value is -2.88. The van der Waals surface area contributed by atoms with Gasteiger partial charge in [-0.05, 0) is 30.7 Å². The highest BCUT2D eigenvalue weighted by Crippen LogP contribution is 2.34. The van der Waals surface area contributed by atoms with Crippen molar-refractivity contribution in [2.75, 3.05) is 11.9 Å². The Kier molecular flexibility index (Phi) is 3.51. The van der Waals surface area contributed by atoms with Crippen molar-refractivity contribution in [2.24, 2.45) is 0 Å². The van der Waals surface area contributed by atoms with E-state index in [0.717, 1.165) is 28.7 Å². The number of aryl methyl sites for hydroxylation is 1. The number of nitrogens with zero attached hydrogens (tertiary/aromatic N) is 1. The third kappa shape index (κ3) is 2.51. The molecule has 1 heterocycles. The van der Waals surface area contributed by atoms with Crippen molar-refractivity contribution < 1.29 is 14.3 Å². The molecule has 1 amide bonds. The molecule has 0 aliphatic carbocycles. The van der Waals surface area contributed by atoms with Crippen molar-refractivity contribution >= 4 is 29.9 Å². The van der Waals surface area contributed by atoms with E-state index in [1.807, 2.05) is 37.3 Å². The molecule has 3 rings (SSSR count). The topological polar surface area (TPSA) is 46.6 Å². The van der Waals surface area contributed by atoms with E-state index in [1.54, 1.807) is 25.3 Å². The number of aldehydes is 1. The summed E-state index contributed by atoms with van der Waals surface area (Å²) in [5, 5.41) is 0. The summed E-state index contributed by atoms with van der Waals surface area (Å²) in [5.74, 6) is 0.514. The normalized spacial score (nSPS) is 15.5. The summed E-state index contributed by atoms with van der Waals surface area (Å²) >= 11 is 0. The van der Waals surface area contributed by atoms with E-state index in [9.17, 15) is 9.59 Å². The van der Waals surface area contributed by atoms with E-state index in [2.05, 4.69) is 0 Å². The summed E-state index contributed by atoms with van der Waals surface area (Å²) in [6.07, 6.45) is 2.19. The van der Waals surface area contributed by atoms with Gasteiger partial charge in [0.25, 0.3) is 0 Å². The standard InChI is InChI=1S/C18H15NO3/c1-12-3-8-16-15(9-12)17(22-18(21)19(16)2)10-13-4-6-14(11-20)7-5-13/h3-11H,1-2H3/b17-10-. The van der Waals surface area contributed by atoms with E-state index >= 15 is 0 Å². The highest BCUT2D eigenvalue weighted by molar-refractivity contribution is 6.01. The van der Waals surface area contributed by atoms with Gasteiger partial charge in [0.1, 0.15) is 12.0 Å². The van der Waals surface area contributed by atoms with Gasteiger partial charge in [-0.1, -0.05) is 35.9 Å². The minimum atomic E-state index is -0.410. The summed E-state index contributed by atoms with van der Waals surface area (Å²) in [6, 6.07) is 13.0. The SMILES string of the molecule is Cc1ccc2c(c1)/C(=C/c1ccc(C=O)cc1)OC(=O)N2C. The number of hydrogen-bond acceptors (Lipinski definition) is 3. The highest BCUT2D eigenvalue weighted by atomic mass is 16.6. The highest BCUT2D eigenvalue weighted by Gasteiger charge is 2.26. The molecule has 2 aromatic rings. The zero-order chi connectivity index (χ0) is 15.7. The molecule has 2 aromatic carbocycles. The van der Waals surface area contributed by atoms with E-state index in [1.165, 1.54) is 4.90 Å². The third-order valence-corrected chi connectivity index (χ3v) is 3.62. The predicted octanol–water partition coefficient (Wildman–Crippen LogP) is 3.89. The minimum absolute atomic E-state index is 0.410. The Morgan fingerprint density at radius 2 is 1.73 bits per heavy atom. The molecule has 0 radical (unpaired) electrons. The summed E-state index contributed by atoms with van der Waals surface area (Å²) in [5.41, 5.74) is 4.26. The van der Waals surface area contributed by atoms with Crippen LogP contribution in [0.25, 0.3) is 11.8 Å². The van der Waals surface area contributed by atoms with Crippen LogP contribution in [0.4, 0.5) is 10.5 Å². The van der Waals surface area contributed by atoms with Crippen molar-refractivity contribution in [1.82, 2.24) is 0 Å². The molecule has 0 spiro atoms. The van der Waals surface area contributed by atoms with Crippen LogP contribution in [0.2, 0.25) is 0 Å². The number of rotatable bonds is 2. The Morgan fingerprint density at radius 1 is 1.05 bits per heavy atom. The molecule has 0 N–H and O–H groups in total. The van der Waals surface area contributed by atoms with Crippen LogP contribution >= 0.6 is 0 Å². The maximum atomic E-state index is 12.0. The molecule has 0 aromatic heterocycles. The Morgan fingerprint density at radius 3 is 2.41 bits per heavy atom. The summed E-state index contributed by atoms with van der Waals surface area (Å²) < 4.78 is 5.42. The number of benzene rings is 2. The maximum absolute atomic E-state index is 12.0. The van der Waals surface area contributed by atoms with E-state index < -0.39 is 6.09 Å². The monoisotopic (exact) mass is 293 g/mol. The van der Waals surface area contributed by atoms with Crippen LogP contribution in [0, 0.1) is 6.92 Å². The van der Waals surface area contributed by atoms with Gasteiger partial charge in [0, 0.05) is 18.2 Å². The van der Waals surface area contributed by atoms with Gasteiger partial charge in [0.05, 0.1) is 5.69 Å². The van der Waals surface area contributed by atoms with Gasteiger partial charge in [-0.15, -0.1) is 0 Å². The quantitative estimate of drug-likeness (QED) is 0.789. The first-order chi connectivity index (χ1) is 10.6. The molecule has 0 unspecified atom stereocenters. The lowest BCUT2D eigenvalue weighted by molar-refractivity contribution is 0.112. The van der Waals surface area contributed by atoms with E-state index in [0.29, 0.717) is 11.3 Å². The zero-order valence-electron chi connectivity index (χ0n) is 12.4. The van der Waals surface area contributed by atoms with Crippen molar-refractivity contribution in [2.45, 2.75) is 6.92 Å². The van der Waals surface area contributed by atoms with E-state index in [4.69, 9.17) is 4.74 Å². The average Bonchev–Trinajstić information content (AvgIpc) is 2.53. The fourth-order valence-corrected chi connectivity index (χ4v) is 2.38. The average molecular weight is 293 g/mol. The number of anilines is 1. The first-order valence-corrected chi connectivity index (χ1v) is 6.92. The minimum Gasteiger partial charge on any atom is -0.409 e. The van der Waals surface area contributed by atoms with Crippen LogP contribution < -0.4 is 4.90 Å². The van der Waals surface area contributed by atoms with Crippen molar-refractivity contribution in [3.05, 3.63) is 64.7 Å². The molecule has 0 fully saturated rings. The molecule has 0 saturated heterocycles. The van der Waals surface area contributed by atoms with Crippen LogP contribution in [0.1, 0.15) is 27.0 Å². The summed E-state index contributed by atoms with van der Waals surface area (Å²) in [7, 11) is 1.69. The Labute approximate surface area is 128 Å². The first kappa shape index (κ1) is 14.1. The smallest absolute Gasteiger partial charge is 0.409 e. The van der Waals surface area contributed by atoms with Crippen LogP contribution in [-0.4, -0.2) is 19.4 Å². The maximum Gasteiger partial charge on any atom is 0.419 e. The fraction of sp³-hybridized carbons (Fsp3) is 0.111.